The summed E-state index contributed by atoms with van der Waals surface area (Å²) >= 11 is 1.44. The number of carbonyl (C=O) groups excluding carboxylic acids is 1. The Hall–Kier alpha value is -1.96. The van der Waals surface area contributed by atoms with Gasteiger partial charge in [-0.05, 0) is 27.7 Å². The van der Waals surface area contributed by atoms with Crippen molar-refractivity contribution in [2.75, 3.05) is 5.73 Å². The maximum Gasteiger partial charge on any atom is 0.363 e. The molecule has 7 nitrogen and oxygen atoms in total. The smallest absolute Gasteiger partial charge is 0.363 e. The van der Waals surface area contributed by atoms with Crippen LogP contribution in [0.15, 0.2) is 0 Å². The highest BCUT2D eigenvalue weighted by molar-refractivity contribution is 7.14. The lowest BCUT2D eigenvalue weighted by atomic mass is 10.4. The molecule has 0 radical (unpaired) electrons. The Morgan fingerprint density at radius 1 is 1.42 bits per heavy atom. The summed E-state index contributed by atoms with van der Waals surface area (Å²) in [6, 6.07) is 0. The number of aryl methyl sites for hydroxylation is 2. The van der Waals surface area contributed by atoms with Crippen LogP contribution in [-0.4, -0.2) is 32.1 Å². The highest BCUT2D eigenvalue weighted by Crippen LogP contribution is 2.23. The summed E-state index contributed by atoms with van der Waals surface area (Å²) in [5.74, 6) is -0.442. The standard InChI is InChI=1S/C11H15N5O2S/c1-5(2)18-10(17)8-9(12)16(15-14-8)11-13-6(3)7(4)19-11/h5H,12H2,1-4H3. The molecule has 0 aliphatic carbocycles. The fourth-order valence-electron chi connectivity index (χ4n) is 1.39. The van der Waals surface area contributed by atoms with Gasteiger partial charge < -0.3 is 10.5 Å². The van der Waals surface area contributed by atoms with E-state index in [1.165, 1.54) is 16.0 Å². The Bertz CT molecular complexity index is 597. The first-order valence-corrected chi connectivity index (χ1v) is 6.58. The lowest BCUT2D eigenvalue weighted by Crippen LogP contribution is -2.14. The Balaban J connectivity index is 2.35. The van der Waals surface area contributed by atoms with Crippen molar-refractivity contribution >= 4 is 23.1 Å². The number of nitrogens with zero attached hydrogens (tertiary/aromatic N) is 4. The van der Waals surface area contributed by atoms with Gasteiger partial charge in [-0.25, -0.2) is 9.78 Å². The molecule has 0 amide bonds. The van der Waals surface area contributed by atoms with Gasteiger partial charge in [0.2, 0.25) is 10.8 Å². The molecule has 0 bridgehead atoms. The van der Waals surface area contributed by atoms with Crippen LogP contribution in [0.3, 0.4) is 0 Å². The zero-order valence-electron chi connectivity index (χ0n) is 11.2. The van der Waals surface area contributed by atoms with Gasteiger partial charge in [0.05, 0.1) is 11.8 Å². The number of rotatable bonds is 3. The summed E-state index contributed by atoms with van der Waals surface area (Å²) in [5, 5.41) is 8.21. The Morgan fingerprint density at radius 3 is 2.63 bits per heavy atom. The van der Waals surface area contributed by atoms with Crippen molar-refractivity contribution in [3.8, 4) is 5.13 Å². The van der Waals surface area contributed by atoms with Crippen molar-refractivity contribution in [1.29, 1.82) is 0 Å². The number of hydrogen-bond acceptors (Lipinski definition) is 7. The van der Waals surface area contributed by atoms with E-state index in [4.69, 9.17) is 10.5 Å². The number of hydrogen-bond donors (Lipinski definition) is 1. The van der Waals surface area contributed by atoms with E-state index in [1.54, 1.807) is 13.8 Å². The summed E-state index contributed by atoms with van der Waals surface area (Å²) in [7, 11) is 0. The second-order valence-corrected chi connectivity index (χ2v) is 5.51. The normalized spacial score (nSPS) is 11.0. The van der Waals surface area contributed by atoms with E-state index in [0.29, 0.717) is 5.13 Å². The Morgan fingerprint density at radius 2 is 2.11 bits per heavy atom. The van der Waals surface area contributed by atoms with Crippen molar-refractivity contribution in [3.05, 3.63) is 16.3 Å². The summed E-state index contributed by atoms with van der Waals surface area (Å²) in [6.07, 6.45) is -0.235. The number of nitrogen functional groups attached to an aromatic ring is 1. The minimum absolute atomic E-state index is 0.0132. The lowest BCUT2D eigenvalue weighted by molar-refractivity contribution is 0.0372. The van der Waals surface area contributed by atoms with Gasteiger partial charge >= 0.3 is 5.97 Å². The maximum absolute atomic E-state index is 11.8. The van der Waals surface area contributed by atoms with Crippen LogP contribution < -0.4 is 5.73 Å². The number of thiazole rings is 1. The third-order valence-electron chi connectivity index (χ3n) is 2.44. The minimum Gasteiger partial charge on any atom is -0.458 e. The summed E-state index contributed by atoms with van der Waals surface area (Å²) in [4.78, 5) is 17.1. The number of anilines is 1. The van der Waals surface area contributed by atoms with Gasteiger partial charge in [0.15, 0.2) is 5.82 Å². The average molecular weight is 281 g/mol. The van der Waals surface area contributed by atoms with Gasteiger partial charge in [0.25, 0.3) is 0 Å². The van der Waals surface area contributed by atoms with E-state index in [-0.39, 0.29) is 17.6 Å². The molecule has 0 spiro atoms. The van der Waals surface area contributed by atoms with Crippen molar-refractivity contribution in [2.24, 2.45) is 0 Å². The van der Waals surface area contributed by atoms with Crippen LogP contribution in [0.1, 0.15) is 34.9 Å². The molecule has 2 rings (SSSR count). The first kappa shape index (κ1) is 13.5. The lowest BCUT2D eigenvalue weighted by Gasteiger charge is -2.05. The second-order valence-electron chi connectivity index (χ2n) is 4.33. The fraction of sp³-hybridized carbons (Fsp3) is 0.455. The SMILES string of the molecule is Cc1nc(-n2nnc(C(=O)OC(C)C)c2N)sc1C. The van der Waals surface area contributed by atoms with Crippen molar-refractivity contribution in [1.82, 2.24) is 20.0 Å². The zero-order chi connectivity index (χ0) is 14.2. The first-order chi connectivity index (χ1) is 8.90. The highest BCUT2D eigenvalue weighted by atomic mass is 32.1. The van der Waals surface area contributed by atoms with Gasteiger partial charge in [-0.15, -0.1) is 5.10 Å². The summed E-state index contributed by atoms with van der Waals surface area (Å²) in [5.41, 5.74) is 6.79. The molecule has 0 atom stereocenters. The molecule has 0 saturated carbocycles. The molecule has 2 heterocycles. The van der Waals surface area contributed by atoms with Crippen molar-refractivity contribution < 1.29 is 9.53 Å². The van der Waals surface area contributed by atoms with Crippen LogP contribution in [-0.2, 0) is 4.74 Å². The molecule has 102 valence electrons. The molecule has 19 heavy (non-hydrogen) atoms. The number of ether oxygens (including phenoxy) is 1. The first-order valence-electron chi connectivity index (χ1n) is 5.76. The van der Waals surface area contributed by atoms with Crippen molar-refractivity contribution in [2.45, 2.75) is 33.8 Å². The molecule has 0 saturated heterocycles. The molecule has 0 unspecified atom stereocenters. The van der Waals surface area contributed by atoms with Crippen LogP contribution in [0.2, 0.25) is 0 Å². The third kappa shape index (κ3) is 2.58. The number of nitrogens with two attached hydrogens (primary N) is 1. The number of aromatic nitrogens is 4. The third-order valence-corrected chi connectivity index (χ3v) is 3.49. The molecular weight excluding hydrogens is 266 g/mol. The maximum atomic E-state index is 11.8. The Labute approximate surface area is 114 Å². The number of esters is 1. The van der Waals surface area contributed by atoms with E-state index < -0.39 is 5.97 Å². The second kappa shape index (κ2) is 4.96. The largest absolute Gasteiger partial charge is 0.458 e. The fourth-order valence-corrected chi connectivity index (χ4v) is 2.26. The molecular formula is C11H15N5O2S. The summed E-state index contributed by atoms with van der Waals surface area (Å²) in [6.45, 7) is 7.37. The predicted octanol–water partition coefficient (Wildman–Crippen LogP) is 1.49. The van der Waals surface area contributed by atoms with Crippen LogP contribution >= 0.6 is 11.3 Å². The molecule has 0 aliphatic heterocycles. The van der Waals surface area contributed by atoms with E-state index in [1.807, 2.05) is 13.8 Å². The molecule has 2 N–H and O–H groups in total. The number of carbonyl (C=O) groups is 1. The van der Waals surface area contributed by atoms with E-state index in [9.17, 15) is 4.79 Å². The van der Waals surface area contributed by atoms with Crippen molar-refractivity contribution in [3.63, 3.8) is 0 Å². The minimum atomic E-state index is -0.580. The Kier molecular flexibility index (Phi) is 3.52. The highest BCUT2D eigenvalue weighted by Gasteiger charge is 2.22. The molecule has 2 aromatic rings. The van der Waals surface area contributed by atoms with Gasteiger partial charge in [0, 0.05) is 4.88 Å². The van der Waals surface area contributed by atoms with Crippen LogP contribution in [0.4, 0.5) is 5.82 Å². The molecule has 0 aliphatic rings. The van der Waals surface area contributed by atoms with Crippen LogP contribution in [0.25, 0.3) is 5.13 Å². The monoisotopic (exact) mass is 281 g/mol. The van der Waals surface area contributed by atoms with E-state index >= 15 is 0 Å². The van der Waals surface area contributed by atoms with Gasteiger partial charge in [-0.1, -0.05) is 16.6 Å². The van der Waals surface area contributed by atoms with Gasteiger partial charge in [0.1, 0.15) is 0 Å². The van der Waals surface area contributed by atoms with Gasteiger partial charge in [-0.3, -0.25) is 0 Å². The van der Waals surface area contributed by atoms with Crippen LogP contribution in [0, 0.1) is 13.8 Å². The summed E-state index contributed by atoms with van der Waals surface area (Å²) < 4.78 is 6.39. The van der Waals surface area contributed by atoms with E-state index in [2.05, 4.69) is 15.3 Å². The van der Waals surface area contributed by atoms with Crippen LogP contribution in [0.5, 0.6) is 0 Å². The zero-order valence-corrected chi connectivity index (χ0v) is 12.0. The average Bonchev–Trinajstić information content (AvgIpc) is 2.82. The topological polar surface area (TPSA) is 95.9 Å². The van der Waals surface area contributed by atoms with E-state index in [0.717, 1.165) is 10.6 Å². The molecule has 0 fully saturated rings. The molecule has 8 heteroatoms. The predicted molar refractivity (Wildman–Crippen MR) is 71.5 cm³/mol. The quantitative estimate of drug-likeness (QED) is 0.856. The van der Waals surface area contributed by atoms with Gasteiger partial charge in [-0.2, -0.15) is 4.68 Å². The molecule has 2 aromatic heterocycles. The molecule has 0 aromatic carbocycles.